The molecule has 1 heterocycles. The highest BCUT2D eigenvalue weighted by molar-refractivity contribution is 5.73. The first kappa shape index (κ1) is 24.0. The van der Waals surface area contributed by atoms with E-state index < -0.39 is 35.1 Å². The molecule has 0 unspecified atom stereocenters. The van der Waals surface area contributed by atoms with Crippen molar-refractivity contribution in [3.05, 3.63) is 24.0 Å². The maximum absolute atomic E-state index is 14.1. The zero-order valence-corrected chi connectivity index (χ0v) is 18.5. The molecule has 0 radical (unpaired) electrons. The lowest BCUT2D eigenvalue weighted by Crippen LogP contribution is -2.43. The van der Waals surface area contributed by atoms with Crippen LogP contribution in [0.2, 0.25) is 0 Å². The molecule has 0 saturated heterocycles. The van der Waals surface area contributed by atoms with E-state index in [0.29, 0.717) is 0 Å². The van der Waals surface area contributed by atoms with Crippen molar-refractivity contribution >= 4 is 12.1 Å². The Balaban J connectivity index is 2.17. The quantitative estimate of drug-likeness (QED) is 0.660. The van der Waals surface area contributed by atoms with Crippen LogP contribution in [0.25, 0.3) is 11.4 Å². The van der Waals surface area contributed by atoms with E-state index in [1.807, 2.05) is 0 Å². The summed E-state index contributed by atoms with van der Waals surface area (Å²) in [6.45, 7) is 10.3. The molecular weight excluding hydrogens is 409 g/mol. The molecule has 170 valence electrons. The Morgan fingerprint density at radius 1 is 1.16 bits per heavy atom. The van der Waals surface area contributed by atoms with E-state index in [9.17, 15) is 19.1 Å². The van der Waals surface area contributed by atoms with Crippen molar-refractivity contribution in [2.24, 2.45) is 0 Å². The van der Waals surface area contributed by atoms with Gasteiger partial charge >= 0.3 is 12.1 Å². The number of alkyl carbamates (subject to hydrolysis) is 1. The Kier molecular flexibility index (Phi) is 7.19. The van der Waals surface area contributed by atoms with Gasteiger partial charge in [-0.25, -0.2) is 9.18 Å². The summed E-state index contributed by atoms with van der Waals surface area (Å²) >= 11 is 0. The molecule has 0 aliphatic heterocycles. The summed E-state index contributed by atoms with van der Waals surface area (Å²) < 4.78 is 24.6. The van der Waals surface area contributed by atoms with Crippen LogP contribution >= 0.6 is 0 Å². The van der Waals surface area contributed by atoms with Gasteiger partial charge in [0.25, 0.3) is 0 Å². The van der Waals surface area contributed by atoms with Crippen molar-refractivity contribution in [3.63, 3.8) is 0 Å². The molecule has 0 aliphatic rings. The summed E-state index contributed by atoms with van der Waals surface area (Å²) in [6.07, 6.45) is -0.882. The van der Waals surface area contributed by atoms with Gasteiger partial charge < -0.3 is 19.9 Å². The number of halogens is 1. The number of carbonyl (C=O) groups excluding carboxylic acids is 2. The number of rotatable bonds is 6. The molecule has 1 amide bonds. The molecule has 0 bridgehead atoms. The summed E-state index contributed by atoms with van der Waals surface area (Å²) in [4.78, 5) is 25.6. The smallest absolute Gasteiger partial charge is 0.407 e. The molecule has 31 heavy (non-hydrogen) atoms. The fraction of sp³-hybridized carbons (Fsp3) is 0.550. The van der Waals surface area contributed by atoms with Gasteiger partial charge in [0.2, 0.25) is 5.82 Å². The second kappa shape index (κ2) is 9.27. The molecule has 10 nitrogen and oxygen atoms in total. The van der Waals surface area contributed by atoms with Crippen molar-refractivity contribution < 1.29 is 28.6 Å². The number of hydrogen-bond acceptors (Lipinski definition) is 8. The number of esters is 1. The van der Waals surface area contributed by atoms with E-state index in [-0.39, 0.29) is 30.1 Å². The predicted octanol–water partition coefficient (Wildman–Crippen LogP) is 2.81. The van der Waals surface area contributed by atoms with Gasteiger partial charge in [0, 0.05) is 6.07 Å². The van der Waals surface area contributed by atoms with Crippen LogP contribution in [0.1, 0.15) is 48.0 Å². The van der Waals surface area contributed by atoms with E-state index in [0.717, 1.165) is 10.9 Å². The van der Waals surface area contributed by atoms with Crippen molar-refractivity contribution in [2.45, 2.75) is 71.8 Å². The summed E-state index contributed by atoms with van der Waals surface area (Å²) in [6, 6.07) is 2.79. The summed E-state index contributed by atoms with van der Waals surface area (Å²) in [5, 5.41) is 23.7. The van der Waals surface area contributed by atoms with Crippen molar-refractivity contribution in [1.29, 1.82) is 0 Å². The highest BCUT2D eigenvalue weighted by Crippen LogP contribution is 2.22. The fourth-order valence-corrected chi connectivity index (χ4v) is 2.53. The first-order valence-corrected chi connectivity index (χ1v) is 9.70. The first-order valence-electron chi connectivity index (χ1n) is 9.70. The van der Waals surface area contributed by atoms with Gasteiger partial charge in [-0.1, -0.05) is 0 Å². The van der Waals surface area contributed by atoms with Crippen molar-refractivity contribution in [1.82, 2.24) is 25.5 Å². The molecule has 0 fully saturated rings. The minimum Gasteiger partial charge on any atom is -0.508 e. The average Bonchev–Trinajstić information content (AvgIpc) is 2.98. The highest BCUT2D eigenvalue weighted by atomic mass is 19.1. The molecule has 11 heteroatoms. The Bertz CT molecular complexity index is 903. The molecule has 2 aromatic rings. The van der Waals surface area contributed by atoms with Crippen LogP contribution in [0, 0.1) is 5.82 Å². The third kappa shape index (κ3) is 8.19. The van der Waals surface area contributed by atoms with Gasteiger partial charge in [-0.15, -0.1) is 10.2 Å². The van der Waals surface area contributed by atoms with E-state index in [4.69, 9.17) is 9.47 Å². The second-order valence-electron chi connectivity index (χ2n) is 8.97. The molecule has 1 aromatic heterocycles. The maximum Gasteiger partial charge on any atom is 0.407 e. The van der Waals surface area contributed by atoms with Gasteiger partial charge in [-0.2, -0.15) is 4.80 Å². The van der Waals surface area contributed by atoms with E-state index in [1.165, 1.54) is 12.1 Å². The Hall–Kier alpha value is -3.24. The number of benzene rings is 1. The summed E-state index contributed by atoms with van der Waals surface area (Å²) in [5.74, 6) is -1.48. The molecule has 2 rings (SSSR count). The van der Waals surface area contributed by atoms with Crippen LogP contribution in [0.15, 0.2) is 18.2 Å². The number of tetrazole rings is 1. The summed E-state index contributed by atoms with van der Waals surface area (Å²) in [7, 11) is 0. The molecule has 0 aliphatic carbocycles. The van der Waals surface area contributed by atoms with E-state index in [2.05, 4.69) is 20.7 Å². The van der Waals surface area contributed by atoms with Gasteiger partial charge in [-0.05, 0) is 58.9 Å². The van der Waals surface area contributed by atoms with Crippen LogP contribution in [0.4, 0.5) is 9.18 Å². The number of ether oxygens (including phenoxy) is 2. The number of hydrogen-bond donors (Lipinski definition) is 2. The van der Waals surface area contributed by atoms with E-state index in [1.54, 1.807) is 41.5 Å². The molecular formula is C20H28FN5O5. The van der Waals surface area contributed by atoms with Gasteiger partial charge in [0.15, 0.2) is 0 Å². The van der Waals surface area contributed by atoms with E-state index >= 15 is 0 Å². The number of nitrogens with zero attached hydrogens (tertiary/aromatic N) is 4. The third-order valence-corrected chi connectivity index (χ3v) is 3.58. The predicted molar refractivity (Wildman–Crippen MR) is 108 cm³/mol. The number of phenols is 1. The van der Waals surface area contributed by atoms with Crippen LogP contribution in [0.3, 0.4) is 0 Å². The Labute approximate surface area is 179 Å². The average molecular weight is 437 g/mol. The zero-order chi connectivity index (χ0) is 23.4. The van der Waals surface area contributed by atoms with Crippen LogP contribution in [0.5, 0.6) is 5.75 Å². The standard InChI is InChI=1S/C20H28FN5O5/c1-19(2,3)30-16(28)9-12(22-18(29)31-20(4,5)6)11-26-24-17(23-25-26)14-8-7-13(27)10-15(14)21/h7-8,10,12,27H,9,11H2,1-6H3,(H,22,29)/t12-/m0/s1. The molecule has 1 aromatic carbocycles. The topological polar surface area (TPSA) is 128 Å². The van der Waals surface area contributed by atoms with Crippen LogP contribution in [-0.2, 0) is 20.8 Å². The lowest BCUT2D eigenvalue weighted by molar-refractivity contribution is -0.155. The van der Waals surface area contributed by atoms with Gasteiger partial charge in [0.05, 0.1) is 24.6 Å². The monoisotopic (exact) mass is 437 g/mol. The SMILES string of the molecule is CC(C)(C)OC(=O)C[C@@H](Cn1nnc(-c2ccc(O)cc2F)n1)NC(=O)OC(C)(C)C. The highest BCUT2D eigenvalue weighted by Gasteiger charge is 2.25. The lowest BCUT2D eigenvalue weighted by atomic mass is 10.1. The Morgan fingerprint density at radius 3 is 2.39 bits per heavy atom. The number of carbonyl (C=O) groups is 2. The van der Waals surface area contributed by atoms with Crippen molar-refractivity contribution in [2.75, 3.05) is 0 Å². The zero-order valence-electron chi connectivity index (χ0n) is 18.5. The minimum atomic E-state index is -0.767. The number of phenolic OH excluding ortho intramolecular Hbond substituents is 1. The van der Waals surface area contributed by atoms with Crippen LogP contribution < -0.4 is 5.32 Å². The van der Waals surface area contributed by atoms with Gasteiger partial charge in [0.1, 0.15) is 22.8 Å². The minimum absolute atomic E-state index is 0.00853. The fourth-order valence-electron chi connectivity index (χ4n) is 2.53. The second-order valence-corrected chi connectivity index (χ2v) is 8.97. The Morgan fingerprint density at radius 2 is 1.81 bits per heavy atom. The first-order chi connectivity index (χ1) is 14.2. The molecule has 0 saturated carbocycles. The molecule has 0 spiro atoms. The van der Waals surface area contributed by atoms with Crippen LogP contribution in [-0.4, -0.2) is 54.6 Å². The summed E-state index contributed by atoms with van der Waals surface area (Å²) in [5.41, 5.74) is -1.37. The van der Waals surface area contributed by atoms with Crippen molar-refractivity contribution in [3.8, 4) is 17.1 Å². The number of aromatic hydroxyl groups is 1. The molecule has 2 N–H and O–H groups in total. The third-order valence-electron chi connectivity index (χ3n) is 3.58. The largest absolute Gasteiger partial charge is 0.508 e. The normalized spacial score (nSPS) is 12.9. The number of aromatic nitrogens is 4. The number of nitrogens with one attached hydrogen (secondary N) is 1. The number of amides is 1. The van der Waals surface area contributed by atoms with Gasteiger partial charge in [-0.3, -0.25) is 4.79 Å². The maximum atomic E-state index is 14.1. The lowest BCUT2D eigenvalue weighted by Gasteiger charge is -2.24. The molecule has 1 atom stereocenters.